The molecule has 0 aliphatic carbocycles. The minimum atomic E-state index is -0.354. The lowest BCUT2D eigenvalue weighted by Crippen LogP contribution is -1.97. The van der Waals surface area contributed by atoms with Crippen molar-refractivity contribution < 1.29 is 4.39 Å². The molecule has 0 fully saturated rings. The van der Waals surface area contributed by atoms with E-state index in [4.69, 9.17) is 5.73 Å². The van der Waals surface area contributed by atoms with Gasteiger partial charge in [0.25, 0.3) is 0 Å². The smallest absolute Gasteiger partial charge is 0.220 e. The maximum Gasteiger partial charge on any atom is 0.220 e. The molecule has 0 aliphatic rings. The van der Waals surface area contributed by atoms with E-state index in [2.05, 4.69) is 15.0 Å². The fourth-order valence-corrected chi connectivity index (χ4v) is 1.81. The molecular weight excluding hydrogens is 245 g/mol. The van der Waals surface area contributed by atoms with Gasteiger partial charge in [0.05, 0.1) is 17.7 Å². The third-order valence-corrected chi connectivity index (χ3v) is 2.70. The van der Waals surface area contributed by atoms with Crippen LogP contribution in [0, 0.1) is 5.82 Å². The molecule has 6 heteroatoms. The first-order valence-corrected chi connectivity index (χ1v) is 5.61. The minimum Gasteiger partial charge on any atom is -0.368 e. The van der Waals surface area contributed by atoms with Crippen molar-refractivity contribution in [1.82, 2.24) is 19.5 Å². The van der Waals surface area contributed by atoms with Gasteiger partial charge in [0.15, 0.2) is 0 Å². The molecule has 5 nitrogen and oxygen atoms in total. The third kappa shape index (κ3) is 2.15. The zero-order valence-electron chi connectivity index (χ0n) is 9.86. The summed E-state index contributed by atoms with van der Waals surface area (Å²) in [6, 6.07) is 6.55. The van der Waals surface area contributed by atoms with Crippen molar-refractivity contribution in [1.29, 1.82) is 0 Å². The molecule has 0 bridgehead atoms. The molecule has 0 saturated carbocycles. The van der Waals surface area contributed by atoms with E-state index in [-0.39, 0.29) is 11.8 Å². The first-order chi connectivity index (χ1) is 9.24. The highest BCUT2D eigenvalue weighted by molar-refractivity contribution is 5.61. The van der Waals surface area contributed by atoms with E-state index in [1.54, 1.807) is 47.7 Å². The molecule has 2 N–H and O–H groups in total. The number of hydrogen-bond acceptors (Lipinski definition) is 4. The van der Waals surface area contributed by atoms with Crippen LogP contribution in [0.3, 0.4) is 0 Å². The quantitative estimate of drug-likeness (QED) is 0.760. The van der Waals surface area contributed by atoms with Gasteiger partial charge in [0.1, 0.15) is 5.82 Å². The molecular formula is C13H10FN5. The molecule has 0 unspecified atom stereocenters. The van der Waals surface area contributed by atoms with Crippen molar-refractivity contribution in [2.24, 2.45) is 0 Å². The van der Waals surface area contributed by atoms with Gasteiger partial charge < -0.3 is 10.3 Å². The average molecular weight is 255 g/mol. The van der Waals surface area contributed by atoms with Crippen molar-refractivity contribution in [2.75, 3.05) is 5.73 Å². The van der Waals surface area contributed by atoms with Crippen LogP contribution in [0.25, 0.3) is 16.9 Å². The first kappa shape index (κ1) is 11.3. The van der Waals surface area contributed by atoms with E-state index in [1.165, 1.54) is 6.07 Å². The summed E-state index contributed by atoms with van der Waals surface area (Å²) in [5.74, 6) is -0.190. The van der Waals surface area contributed by atoms with Gasteiger partial charge in [0.2, 0.25) is 5.95 Å². The number of imidazole rings is 1. The number of anilines is 1. The highest BCUT2D eigenvalue weighted by Gasteiger charge is 2.07. The predicted molar refractivity (Wildman–Crippen MR) is 69.0 cm³/mol. The van der Waals surface area contributed by atoms with Crippen LogP contribution in [0.1, 0.15) is 0 Å². The molecule has 19 heavy (non-hydrogen) atoms. The van der Waals surface area contributed by atoms with Crippen molar-refractivity contribution >= 4 is 5.95 Å². The summed E-state index contributed by atoms with van der Waals surface area (Å²) in [4.78, 5) is 11.8. The van der Waals surface area contributed by atoms with E-state index < -0.39 is 0 Å². The molecule has 2 aromatic heterocycles. The van der Waals surface area contributed by atoms with Crippen LogP contribution in [0.15, 0.2) is 49.2 Å². The van der Waals surface area contributed by atoms with Crippen molar-refractivity contribution in [3.8, 4) is 16.9 Å². The van der Waals surface area contributed by atoms with Gasteiger partial charge in [-0.05, 0) is 18.2 Å². The highest BCUT2D eigenvalue weighted by atomic mass is 19.1. The van der Waals surface area contributed by atoms with Gasteiger partial charge in [-0.3, -0.25) is 0 Å². The summed E-state index contributed by atoms with van der Waals surface area (Å²) in [7, 11) is 0. The Morgan fingerprint density at radius 1 is 1.16 bits per heavy atom. The van der Waals surface area contributed by atoms with Gasteiger partial charge in [-0.25, -0.2) is 19.3 Å². The monoisotopic (exact) mass is 255 g/mol. The number of nitrogen functional groups attached to an aromatic ring is 1. The van der Waals surface area contributed by atoms with E-state index in [0.29, 0.717) is 16.9 Å². The fourth-order valence-electron chi connectivity index (χ4n) is 1.81. The highest BCUT2D eigenvalue weighted by Crippen LogP contribution is 2.22. The maximum absolute atomic E-state index is 14.1. The number of rotatable bonds is 2. The second kappa shape index (κ2) is 4.49. The van der Waals surface area contributed by atoms with Crippen LogP contribution in [-0.4, -0.2) is 19.5 Å². The number of nitrogens with zero attached hydrogens (tertiary/aromatic N) is 4. The lowest BCUT2D eigenvalue weighted by atomic mass is 10.1. The molecule has 0 saturated heterocycles. The summed E-state index contributed by atoms with van der Waals surface area (Å²) in [6.45, 7) is 0. The number of hydrogen-bond donors (Lipinski definition) is 1. The lowest BCUT2D eigenvalue weighted by Gasteiger charge is -2.06. The number of benzene rings is 1. The minimum absolute atomic E-state index is 0.164. The van der Waals surface area contributed by atoms with E-state index in [9.17, 15) is 4.39 Å². The van der Waals surface area contributed by atoms with Gasteiger partial charge in [-0.2, -0.15) is 0 Å². The Labute approximate surface area is 108 Å². The summed E-state index contributed by atoms with van der Waals surface area (Å²) in [5, 5.41) is 0. The van der Waals surface area contributed by atoms with Crippen molar-refractivity contribution in [3.05, 3.63) is 55.0 Å². The lowest BCUT2D eigenvalue weighted by molar-refractivity contribution is 0.618. The van der Waals surface area contributed by atoms with Crippen LogP contribution in [-0.2, 0) is 0 Å². The largest absolute Gasteiger partial charge is 0.368 e. The predicted octanol–water partition coefficient (Wildman–Crippen LogP) is 2.05. The second-order valence-electron chi connectivity index (χ2n) is 3.94. The Bertz CT molecular complexity index is 709. The van der Waals surface area contributed by atoms with Gasteiger partial charge in [0, 0.05) is 24.2 Å². The van der Waals surface area contributed by atoms with E-state index >= 15 is 0 Å². The fraction of sp³-hybridized carbons (Fsp3) is 0. The maximum atomic E-state index is 14.1. The topological polar surface area (TPSA) is 69.6 Å². The molecule has 0 atom stereocenters. The summed E-state index contributed by atoms with van der Waals surface area (Å²) in [5.41, 5.74) is 7.18. The molecule has 3 aromatic rings. The van der Waals surface area contributed by atoms with Crippen LogP contribution in [0.4, 0.5) is 10.3 Å². The summed E-state index contributed by atoms with van der Waals surface area (Å²) >= 11 is 0. The first-order valence-electron chi connectivity index (χ1n) is 5.61. The molecule has 0 spiro atoms. The normalized spacial score (nSPS) is 10.6. The number of nitrogens with two attached hydrogens (primary N) is 1. The van der Waals surface area contributed by atoms with Gasteiger partial charge in [-0.15, -0.1) is 0 Å². The third-order valence-electron chi connectivity index (χ3n) is 2.70. The van der Waals surface area contributed by atoms with E-state index in [0.717, 1.165) is 0 Å². The Hall–Kier alpha value is -2.76. The zero-order valence-corrected chi connectivity index (χ0v) is 9.86. The number of aromatic nitrogens is 4. The Kier molecular flexibility index (Phi) is 2.68. The number of halogens is 1. The second-order valence-corrected chi connectivity index (χ2v) is 3.94. The standard InChI is InChI=1S/C13H10FN5/c14-10-7-9(11-3-4-17-13(15)18-11)1-2-12(10)19-6-5-16-8-19/h1-8H,(H2,15,17,18). The Morgan fingerprint density at radius 2 is 2.05 bits per heavy atom. The Balaban J connectivity index is 2.05. The SMILES string of the molecule is Nc1nccc(-c2ccc(-n3ccnc3)c(F)c2)n1. The van der Waals surface area contributed by atoms with Crippen molar-refractivity contribution in [3.63, 3.8) is 0 Å². The van der Waals surface area contributed by atoms with Crippen LogP contribution >= 0.6 is 0 Å². The van der Waals surface area contributed by atoms with E-state index in [1.807, 2.05) is 0 Å². The van der Waals surface area contributed by atoms with Crippen LogP contribution < -0.4 is 5.73 Å². The summed E-state index contributed by atoms with van der Waals surface area (Å²) < 4.78 is 15.7. The molecule has 0 aliphatic heterocycles. The van der Waals surface area contributed by atoms with Crippen LogP contribution in [0.2, 0.25) is 0 Å². The molecule has 94 valence electrons. The Morgan fingerprint density at radius 3 is 2.74 bits per heavy atom. The molecule has 0 radical (unpaired) electrons. The molecule has 1 aromatic carbocycles. The molecule has 2 heterocycles. The average Bonchev–Trinajstić information content (AvgIpc) is 2.92. The van der Waals surface area contributed by atoms with Gasteiger partial charge >= 0.3 is 0 Å². The zero-order chi connectivity index (χ0) is 13.2. The van der Waals surface area contributed by atoms with Crippen molar-refractivity contribution in [2.45, 2.75) is 0 Å². The molecule has 0 amide bonds. The van der Waals surface area contributed by atoms with Crippen LogP contribution in [0.5, 0.6) is 0 Å². The summed E-state index contributed by atoms with van der Waals surface area (Å²) in [6.07, 6.45) is 6.36. The molecule has 3 rings (SSSR count). The van der Waals surface area contributed by atoms with Gasteiger partial charge in [-0.1, -0.05) is 6.07 Å².